The van der Waals surface area contributed by atoms with Crippen molar-refractivity contribution in [3.05, 3.63) is 95.7 Å². The summed E-state index contributed by atoms with van der Waals surface area (Å²) in [6.07, 6.45) is 0.0900. The van der Waals surface area contributed by atoms with Gasteiger partial charge in [0.15, 0.2) is 0 Å². The van der Waals surface area contributed by atoms with Crippen molar-refractivity contribution >= 4 is 28.9 Å². The number of para-hydroxylation sites is 1. The lowest BCUT2D eigenvalue weighted by Crippen LogP contribution is -2.63. The zero-order chi connectivity index (χ0) is 28.5. The number of carbonyl (C=O) groups is 3. The Hall–Kier alpha value is -4.59. The first-order chi connectivity index (χ1) is 19.1. The molecule has 8 nitrogen and oxygen atoms in total. The van der Waals surface area contributed by atoms with Gasteiger partial charge in [0, 0.05) is 30.8 Å². The first-order valence-corrected chi connectivity index (χ1v) is 12.6. The minimum Gasteiger partial charge on any atom is -0.479 e. The lowest BCUT2D eigenvalue weighted by Gasteiger charge is -2.30. The summed E-state index contributed by atoms with van der Waals surface area (Å²) >= 11 is 0. The summed E-state index contributed by atoms with van der Waals surface area (Å²) in [6, 6.07) is 22.9. The maximum Gasteiger partial charge on any atom is 0.409 e. The second kappa shape index (κ2) is 9.94. The molecule has 4 aromatic rings. The van der Waals surface area contributed by atoms with Crippen LogP contribution in [0.1, 0.15) is 44.7 Å². The Bertz CT molecular complexity index is 1550. The van der Waals surface area contributed by atoms with Gasteiger partial charge in [-0.1, -0.05) is 66.7 Å². The van der Waals surface area contributed by atoms with Gasteiger partial charge in [-0.05, 0) is 54.6 Å². The van der Waals surface area contributed by atoms with Crippen LogP contribution in [-0.4, -0.2) is 45.9 Å². The molecule has 1 amide bonds. The van der Waals surface area contributed by atoms with Gasteiger partial charge in [0.1, 0.15) is 12.2 Å². The van der Waals surface area contributed by atoms with Gasteiger partial charge in [0.05, 0.1) is 0 Å². The normalized spacial score (nSPS) is 14.6. The van der Waals surface area contributed by atoms with E-state index in [1.165, 1.54) is 13.8 Å². The number of aliphatic carboxylic acids is 1. The number of rotatable bonds is 7. The molecule has 200 valence electrons. The van der Waals surface area contributed by atoms with E-state index in [4.69, 9.17) is 10.8 Å². The average Bonchev–Trinajstić information content (AvgIpc) is 3.49. The van der Waals surface area contributed by atoms with Gasteiger partial charge in [-0.15, -0.1) is 0 Å². The lowest BCUT2D eigenvalue weighted by molar-refractivity contribution is -0.163. The van der Waals surface area contributed by atoms with Crippen LogP contribution in [0, 0.1) is 0 Å². The minimum absolute atomic E-state index is 0.120. The predicted molar refractivity (Wildman–Crippen MR) is 146 cm³/mol. The summed E-state index contributed by atoms with van der Waals surface area (Å²) in [5.41, 5.74) is 1.57. The van der Waals surface area contributed by atoms with Crippen molar-refractivity contribution in [3.8, 4) is 11.1 Å². The van der Waals surface area contributed by atoms with Gasteiger partial charge < -0.3 is 19.6 Å². The highest BCUT2D eigenvalue weighted by molar-refractivity contribution is 6.07. The van der Waals surface area contributed by atoms with Crippen LogP contribution in [0.3, 0.4) is 0 Å². The number of carboxylic acids is 1. The molecule has 3 N–H and O–H groups in total. The molecule has 1 atom stereocenters. The van der Waals surface area contributed by atoms with E-state index in [2.05, 4.69) is 10.3 Å². The number of amides is 1. The van der Waals surface area contributed by atoms with Gasteiger partial charge in [0.25, 0.3) is 0 Å². The first-order valence-electron chi connectivity index (χ1n) is 13.3. The monoisotopic (exact) mass is 527 g/mol. The third-order valence-corrected chi connectivity index (χ3v) is 6.87. The molecule has 3 aromatic carbocycles. The standard InChI is InChI=1S/C31H30N2O6/c1-30(2,3)39-29(37)33-31(27(34)35,16-19-17-32-26-15-9-8-10-20(19)26)28(36)38-18-25-23-13-6-4-11-21(23)22-12-5-7-14-24(22)25/h4-15,17,25,32H,16,18H2,1-3H3,(H,33,37)(H,34,35)/t31-/m0/s1/i1D. The van der Waals surface area contributed by atoms with E-state index >= 15 is 0 Å². The molecule has 1 aliphatic rings. The number of carboxylic acid groups (broad SMARTS) is 1. The second-order valence-electron chi connectivity index (χ2n) is 10.3. The smallest absolute Gasteiger partial charge is 0.409 e. The van der Waals surface area contributed by atoms with Crippen LogP contribution in [0.15, 0.2) is 79.0 Å². The van der Waals surface area contributed by atoms with E-state index in [0.717, 1.165) is 27.8 Å². The van der Waals surface area contributed by atoms with E-state index in [1.807, 2.05) is 60.7 Å². The van der Waals surface area contributed by atoms with E-state index < -0.39 is 29.2 Å². The number of alkyl carbamates (subject to hydrolysis) is 1. The van der Waals surface area contributed by atoms with E-state index in [0.29, 0.717) is 10.9 Å². The third kappa shape index (κ3) is 4.97. The molecule has 1 heterocycles. The van der Waals surface area contributed by atoms with Crippen LogP contribution < -0.4 is 5.32 Å². The summed E-state index contributed by atoms with van der Waals surface area (Å²) in [6.45, 7) is 2.67. The topological polar surface area (TPSA) is 118 Å². The van der Waals surface area contributed by atoms with Crippen LogP contribution in [0.4, 0.5) is 4.79 Å². The molecule has 1 aromatic heterocycles. The molecule has 0 saturated heterocycles. The number of H-pyrrole nitrogens is 1. The van der Waals surface area contributed by atoms with Gasteiger partial charge in [0.2, 0.25) is 5.54 Å². The summed E-state index contributed by atoms with van der Waals surface area (Å²) in [5, 5.41) is 13.5. The molecule has 1 aliphatic carbocycles. The zero-order valence-electron chi connectivity index (χ0n) is 22.7. The van der Waals surface area contributed by atoms with E-state index in [9.17, 15) is 19.5 Å². The van der Waals surface area contributed by atoms with Gasteiger partial charge in [-0.3, -0.25) is 5.32 Å². The summed E-state index contributed by atoms with van der Waals surface area (Å²) in [5.74, 6) is -3.01. The van der Waals surface area contributed by atoms with Crippen LogP contribution in [0.5, 0.6) is 0 Å². The maximum absolute atomic E-state index is 13.8. The van der Waals surface area contributed by atoms with Crippen molar-refractivity contribution < 1.29 is 30.3 Å². The molecule has 0 spiro atoms. The molecule has 0 unspecified atom stereocenters. The molecular formula is C31H30N2O6. The molecular weight excluding hydrogens is 496 g/mol. The zero-order valence-corrected chi connectivity index (χ0v) is 21.7. The Morgan fingerprint density at radius 2 is 1.59 bits per heavy atom. The molecule has 8 heteroatoms. The Morgan fingerprint density at radius 3 is 2.23 bits per heavy atom. The highest BCUT2D eigenvalue weighted by atomic mass is 16.6. The van der Waals surface area contributed by atoms with Crippen molar-refractivity contribution in [1.29, 1.82) is 0 Å². The van der Waals surface area contributed by atoms with Crippen molar-refractivity contribution in [2.24, 2.45) is 0 Å². The maximum atomic E-state index is 13.8. The van der Waals surface area contributed by atoms with Gasteiger partial charge in [-0.2, -0.15) is 0 Å². The highest BCUT2D eigenvalue weighted by Crippen LogP contribution is 2.44. The summed E-state index contributed by atoms with van der Waals surface area (Å²) < 4.78 is 18.7. The molecule has 0 saturated carbocycles. The van der Waals surface area contributed by atoms with Crippen molar-refractivity contribution in [1.82, 2.24) is 10.3 Å². The molecule has 0 radical (unpaired) electrons. The fourth-order valence-corrected chi connectivity index (χ4v) is 5.12. The largest absolute Gasteiger partial charge is 0.479 e. The van der Waals surface area contributed by atoms with Crippen LogP contribution in [0.2, 0.25) is 0 Å². The first kappa shape index (κ1) is 24.7. The predicted octanol–water partition coefficient (Wildman–Crippen LogP) is 5.41. The third-order valence-electron chi connectivity index (χ3n) is 6.87. The summed E-state index contributed by atoms with van der Waals surface area (Å²) in [7, 11) is 0. The number of aromatic amines is 1. The number of benzene rings is 3. The number of esters is 1. The SMILES string of the molecule is [2H]CC(C)(C)OC(=O)N[C@@](Cc1c[nH]c2ccccc12)(C(=O)O)C(=O)OCC1c2ccccc2-c2ccccc21. The number of nitrogens with one attached hydrogen (secondary N) is 2. The molecule has 0 bridgehead atoms. The van der Waals surface area contributed by atoms with E-state index in [1.54, 1.807) is 18.3 Å². The quantitative estimate of drug-likeness (QED) is 0.218. The Kier molecular flexibility index (Phi) is 6.30. The minimum atomic E-state index is -2.49. The number of carbonyl (C=O) groups excluding carboxylic acids is 2. The summed E-state index contributed by atoms with van der Waals surface area (Å²) in [4.78, 5) is 42.7. The van der Waals surface area contributed by atoms with Crippen LogP contribution in [-0.2, 0) is 25.5 Å². The Morgan fingerprint density at radius 1 is 0.974 bits per heavy atom. The van der Waals surface area contributed by atoms with Crippen molar-refractivity contribution in [3.63, 3.8) is 0 Å². The molecule has 0 fully saturated rings. The van der Waals surface area contributed by atoms with Crippen LogP contribution >= 0.6 is 0 Å². The lowest BCUT2D eigenvalue weighted by atomic mass is 9.90. The average molecular weight is 528 g/mol. The van der Waals surface area contributed by atoms with Gasteiger partial charge >= 0.3 is 18.0 Å². The molecule has 5 rings (SSSR count). The number of fused-ring (bicyclic) bond motifs is 4. The number of hydrogen-bond acceptors (Lipinski definition) is 5. The molecule has 39 heavy (non-hydrogen) atoms. The number of hydrogen-bond donors (Lipinski definition) is 3. The number of aromatic nitrogens is 1. The van der Waals surface area contributed by atoms with Crippen LogP contribution in [0.25, 0.3) is 22.0 Å². The Balaban J connectivity index is 1.48. The van der Waals surface area contributed by atoms with E-state index in [-0.39, 0.29) is 25.8 Å². The fourth-order valence-electron chi connectivity index (χ4n) is 5.12. The van der Waals surface area contributed by atoms with Gasteiger partial charge in [-0.25, -0.2) is 14.4 Å². The van der Waals surface area contributed by atoms with Crippen molar-refractivity contribution in [2.75, 3.05) is 6.61 Å². The fraction of sp³-hybridized carbons (Fsp3) is 0.258. The van der Waals surface area contributed by atoms with Crippen molar-refractivity contribution in [2.45, 2.75) is 44.2 Å². The number of ether oxygens (including phenoxy) is 2. The Labute approximate surface area is 227 Å². The molecule has 0 aliphatic heterocycles. The second-order valence-corrected chi connectivity index (χ2v) is 10.3. The highest BCUT2D eigenvalue weighted by Gasteiger charge is 2.51.